The first-order chi connectivity index (χ1) is 9.13. The average Bonchev–Trinajstić information content (AvgIpc) is 2.42. The summed E-state index contributed by atoms with van der Waals surface area (Å²) in [6, 6.07) is 7.96. The highest BCUT2D eigenvalue weighted by Gasteiger charge is 2.17. The first-order valence-electron chi connectivity index (χ1n) is 5.37. The molecule has 0 aliphatic heterocycles. The number of nitrogen functional groups attached to an aromatic ring is 1. The summed E-state index contributed by atoms with van der Waals surface area (Å²) in [5.41, 5.74) is 6.17. The van der Waals surface area contributed by atoms with Gasteiger partial charge in [0.2, 0.25) is 6.86 Å². The standard InChI is InChI=1S/C13H10BrFN2O2/c14-8-5-10(13(16)17-6-8)12(18)9-3-1-2-4-11(9)19-7-15/h1-6H,7H2,(H2,16,17). The van der Waals surface area contributed by atoms with Crippen molar-refractivity contribution in [2.45, 2.75) is 0 Å². The van der Waals surface area contributed by atoms with Crippen LogP contribution in [0.15, 0.2) is 41.0 Å². The van der Waals surface area contributed by atoms with Gasteiger partial charge in [0.15, 0.2) is 5.78 Å². The van der Waals surface area contributed by atoms with Crippen molar-refractivity contribution in [1.29, 1.82) is 0 Å². The normalized spacial score (nSPS) is 10.2. The third kappa shape index (κ3) is 2.90. The van der Waals surface area contributed by atoms with Crippen LogP contribution in [-0.2, 0) is 0 Å². The maximum atomic E-state index is 12.4. The Hall–Kier alpha value is -1.95. The molecule has 98 valence electrons. The molecule has 0 fully saturated rings. The van der Waals surface area contributed by atoms with Gasteiger partial charge in [0, 0.05) is 10.7 Å². The molecule has 0 bridgehead atoms. The average molecular weight is 325 g/mol. The number of nitrogens with zero attached hydrogens (tertiary/aromatic N) is 1. The van der Waals surface area contributed by atoms with Gasteiger partial charge in [-0.15, -0.1) is 0 Å². The topological polar surface area (TPSA) is 65.2 Å². The fourth-order valence-electron chi connectivity index (χ4n) is 1.62. The number of aromatic nitrogens is 1. The Morgan fingerprint density at radius 1 is 1.37 bits per heavy atom. The SMILES string of the molecule is Nc1ncc(Br)cc1C(=O)c1ccccc1OCF. The predicted molar refractivity (Wildman–Crippen MR) is 72.8 cm³/mol. The molecule has 0 spiro atoms. The van der Waals surface area contributed by atoms with Gasteiger partial charge in [-0.3, -0.25) is 4.79 Å². The van der Waals surface area contributed by atoms with E-state index in [1.54, 1.807) is 24.3 Å². The molecule has 2 rings (SSSR count). The summed E-state index contributed by atoms with van der Waals surface area (Å²) < 4.78 is 17.7. The van der Waals surface area contributed by atoms with Gasteiger partial charge >= 0.3 is 0 Å². The number of nitrogens with two attached hydrogens (primary N) is 1. The van der Waals surface area contributed by atoms with E-state index < -0.39 is 6.86 Å². The minimum absolute atomic E-state index is 0.114. The number of hydrogen-bond acceptors (Lipinski definition) is 4. The Morgan fingerprint density at radius 3 is 2.84 bits per heavy atom. The molecule has 6 heteroatoms. The lowest BCUT2D eigenvalue weighted by Crippen LogP contribution is -2.09. The van der Waals surface area contributed by atoms with Crippen molar-refractivity contribution in [3.63, 3.8) is 0 Å². The number of hydrogen-bond donors (Lipinski definition) is 1. The Balaban J connectivity index is 2.47. The molecule has 4 nitrogen and oxygen atoms in total. The van der Waals surface area contributed by atoms with E-state index >= 15 is 0 Å². The van der Waals surface area contributed by atoms with E-state index in [-0.39, 0.29) is 28.5 Å². The van der Waals surface area contributed by atoms with Crippen molar-refractivity contribution in [3.05, 3.63) is 52.1 Å². The van der Waals surface area contributed by atoms with Crippen LogP contribution >= 0.6 is 15.9 Å². The first kappa shape index (κ1) is 13.5. The van der Waals surface area contributed by atoms with E-state index in [4.69, 9.17) is 10.5 Å². The highest BCUT2D eigenvalue weighted by molar-refractivity contribution is 9.10. The van der Waals surface area contributed by atoms with Crippen LogP contribution in [0.5, 0.6) is 5.75 Å². The minimum Gasteiger partial charge on any atom is -0.462 e. The van der Waals surface area contributed by atoms with Crippen LogP contribution in [-0.4, -0.2) is 17.6 Å². The number of benzene rings is 1. The second-order valence-electron chi connectivity index (χ2n) is 3.67. The lowest BCUT2D eigenvalue weighted by Gasteiger charge is -2.09. The monoisotopic (exact) mass is 324 g/mol. The number of anilines is 1. The van der Waals surface area contributed by atoms with E-state index in [2.05, 4.69) is 20.9 Å². The van der Waals surface area contributed by atoms with Crippen LogP contribution in [0.4, 0.5) is 10.2 Å². The minimum atomic E-state index is -1.00. The van der Waals surface area contributed by atoms with Crippen LogP contribution in [0.2, 0.25) is 0 Å². The van der Waals surface area contributed by atoms with E-state index in [9.17, 15) is 9.18 Å². The van der Waals surface area contributed by atoms with Crippen LogP contribution in [0.3, 0.4) is 0 Å². The fraction of sp³-hybridized carbons (Fsp3) is 0.0769. The molecule has 19 heavy (non-hydrogen) atoms. The largest absolute Gasteiger partial charge is 0.462 e. The van der Waals surface area contributed by atoms with Crippen LogP contribution in [0.25, 0.3) is 0 Å². The third-order valence-corrected chi connectivity index (χ3v) is 2.91. The highest BCUT2D eigenvalue weighted by Crippen LogP contribution is 2.25. The summed E-state index contributed by atoms with van der Waals surface area (Å²) >= 11 is 3.22. The second-order valence-corrected chi connectivity index (χ2v) is 4.58. The Kier molecular flexibility index (Phi) is 4.11. The summed E-state index contributed by atoms with van der Waals surface area (Å²) in [4.78, 5) is 16.3. The molecular formula is C13H10BrFN2O2. The van der Waals surface area contributed by atoms with E-state index in [1.807, 2.05) is 0 Å². The molecule has 0 saturated heterocycles. The number of rotatable bonds is 4. The molecule has 0 aliphatic carbocycles. The summed E-state index contributed by atoms with van der Waals surface area (Å²) in [5.74, 6) is -0.0759. The molecule has 0 atom stereocenters. The van der Waals surface area contributed by atoms with Gasteiger partial charge in [-0.1, -0.05) is 12.1 Å². The van der Waals surface area contributed by atoms with Gasteiger partial charge in [-0.25, -0.2) is 9.37 Å². The molecule has 0 aliphatic rings. The van der Waals surface area contributed by atoms with E-state index in [0.29, 0.717) is 4.47 Å². The Morgan fingerprint density at radius 2 is 2.11 bits per heavy atom. The number of ketones is 1. The van der Waals surface area contributed by atoms with Gasteiger partial charge in [-0.05, 0) is 34.1 Å². The number of carbonyl (C=O) groups excluding carboxylic acids is 1. The maximum Gasteiger partial charge on any atom is 0.228 e. The van der Waals surface area contributed by atoms with Gasteiger partial charge < -0.3 is 10.5 Å². The highest BCUT2D eigenvalue weighted by atomic mass is 79.9. The molecule has 0 saturated carbocycles. The van der Waals surface area contributed by atoms with Gasteiger partial charge in [-0.2, -0.15) is 0 Å². The first-order valence-corrected chi connectivity index (χ1v) is 6.16. The second kappa shape index (κ2) is 5.79. The van der Waals surface area contributed by atoms with Crippen molar-refractivity contribution in [2.24, 2.45) is 0 Å². The number of pyridine rings is 1. The van der Waals surface area contributed by atoms with Gasteiger partial charge in [0.25, 0.3) is 0 Å². The van der Waals surface area contributed by atoms with Crippen molar-refractivity contribution < 1.29 is 13.9 Å². The number of carbonyl (C=O) groups is 1. The summed E-state index contributed by atoms with van der Waals surface area (Å²) in [7, 11) is 0. The zero-order chi connectivity index (χ0) is 13.8. The van der Waals surface area contributed by atoms with Crippen molar-refractivity contribution in [2.75, 3.05) is 12.6 Å². The zero-order valence-electron chi connectivity index (χ0n) is 9.77. The van der Waals surface area contributed by atoms with Crippen LogP contribution in [0, 0.1) is 0 Å². The van der Waals surface area contributed by atoms with E-state index in [0.717, 1.165) is 0 Å². The van der Waals surface area contributed by atoms with Gasteiger partial charge in [0.1, 0.15) is 11.6 Å². The number of alkyl halides is 1. The molecular weight excluding hydrogens is 315 g/mol. The smallest absolute Gasteiger partial charge is 0.228 e. The molecule has 1 aromatic heterocycles. The fourth-order valence-corrected chi connectivity index (χ4v) is 1.95. The molecule has 1 heterocycles. The summed E-state index contributed by atoms with van der Waals surface area (Å²) in [6.07, 6.45) is 1.50. The van der Waals surface area contributed by atoms with Crippen LogP contribution in [0.1, 0.15) is 15.9 Å². The van der Waals surface area contributed by atoms with Crippen LogP contribution < -0.4 is 10.5 Å². The van der Waals surface area contributed by atoms with Crippen molar-refractivity contribution in [1.82, 2.24) is 4.98 Å². The number of halogens is 2. The zero-order valence-corrected chi connectivity index (χ0v) is 11.4. The van der Waals surface area contributed by atoms with Crippen molar-refractivity contribution >= 4 is 27.5 Å². The summed E-state index contributed by atoms with van der Waals surface area (Å²) in [6.45, 7) is -1.00. The molecule has 2 aromatic rings. The Bertz CT molecular complexity index is 619. The van der Waals surface area contributed by atoms with E-state index in [1.165, 1.54) is 12.3 Å². The molecule has 2 N–H and O–H groups in total. The van der Waals surface area contributed by atoms with Crippen molar-refractivity contribution in [3.8, 4) is 5.75 Å². The molecule has 0 unspecified atom stereocenters. The molecule has 0 radical (unpaired) electrons. The number of ether oxygens (including phenoxy) is 1. The molecule has 1 aromatic carbocycles. The quantitative estimate of drug-likeness (QED) is 0.878. The maximum absolute atomic E-state index is 12.4. The number of para-hydroxylation sites is 1. The summed E-state index contributed by atoms with van der Waals surface area (Å²) in [5, 5.41) is 0. The molecule has 0 amide bonds. The van der Waals surface area contributed by atoms with Gasteiger partial charge in [0.05, 0.1) is 11.1 Å². The lowest BCUT2D eigenvalue weighted by molar-refractivity contribution is 0.103. The predicted octanol–water partition coefficient (Wildman–Crippen LogP) is 2.96. The Labute approximate surface area is 117 Å². The third-order valence-electron chi connectivity index (χ3n) is 2.47. The lowest BCUT2D eigenvalue weighted by atomic mass is 10.0.